The van der Waals surface area contributed by atoms with Crippen LogP contribution in [0, 0.1) is 6.92 Å². The van der Waals surface area contributed by atoms with E-state index in [0.717, 1.165) is 29.9 Å². The molecule has 0 bridgehead atoms. The average Bonchev–Trinajstić information content (AvgIpc) is 2.26. The summed E-state index contributed by atoms with van der Waals surface area (Å²) in [7, 11) is 3.36. The van der Waals surface area contributed by atoms with E-state index >= 15 is 0 Å². The molecule has 0 radical (unpaired) electrons. The lowest BCUT2D eigenvalue weighted by Gasteiger charge is -2.19. The van der Waals surface area contributed by atoms with Gasteiger partial charge in [-0.25, -0.2) is 0 Å². The van der Waals surface area contributed by atoms with Crippen LogP contribution in [0.5, 0.6) is 11.5 Å². The van der Waals surface area contributed by atoms with Gasteiger partial charge in [-0.3, -0.25) is 0 Å². The molecule has 0 saturated carbocycles. The highest BCUT2D eigenvalue weighted by Crippen LogP contribution is 2.30. The maximum atomic E-state index is 5.99. The molecular weight excluding hydrogens is 214 g/mol. The molecule has 0 heterocycles. The molecule has 0 fully saturated rings. The highest BCUT2D eigenvalue weighted by atomic mass is 16.5. The van der Waals surface area contributed by atoms with E-state index in [1.54, 1.807) is 14.2 Å². The summed E-state index contributed by atoms with van der Waals surface area (Å²) in [6.07, 6.45) is 1.86. The molecule has 0 amide bonds. The van der Waals surface area contributed by atoms with Gasteiger partial charge in [0.2, 0.25) is 0 Å². The minimum atomic E-state index is -0.147. The second-order valence-corrected chi connectivity index (χ2v) is 5.11. The van der Waals surface area contributed by atoms with Crippen molar-refractivity contribution in [2.24, 2.45) is 5.73 Å². The van der Waals surface area contributed by atoms with Gasteiger partial charge in [0.25, 0.3) is 0 Å². The van der Waals surface area contributed by atoms with E-state index < -0.39 is 0 Å². The van der Waals surface area contributed by atoms with Crippen molar-refractivity contribution in [2.75, 3.05) is 14.2 Å². The van der Waals surface area contributed by atoms with Crippen LogP contribution >= 0.6 is 0 Å². The Morgan fingerprint density at radius 3 is 1.94 bits per heavy atom. The molecule has 1 aromatic rings. The number of ether oxygens (including phenoxy) is 2. The van der Waals surface area contributed by atoms with Crippen LogP contribution < -0.4 is 15.2 Å². The predicted molar refractivity (Wildman–Crippen MR) is 70.9 cm³/mol. The molecule has 1 aromatic carbocycles. The largest absolute Gasteiger partial charge is 0.496 e. The Bertz CT molecular complexity index is 355. The first-order valence-corrected chi connectivity index (χ1v) is 5.88. The minimum Gasteiger partial charge on any atom is -0.496 e. The fourth-order valence-corrected chi connectivity index (χ4v) is 1.75. The van der Waals surface area contributed by atoms with Gasteiger partial charge in [0.15, 0.2) is 0 Å². The maximum Gasteiger partial charge on any atom is 0.125 e. The Balaban J connectivity index is 2.93. The number of rotatable bonds is 5. The first-order valence-electron chi connectivity index (χ1n) is 5.88. The number of methoxy groups -OCH3 is 2. The van der Waals surface area contributed by atoms with Crippen molar-refractivity contribution in [3.05, 3.63) is 23.3 Å². The van der Waals surface area contributed by atoms with E-state index in [-0.39, 0.29) is 5.54 Å². The van der Waals surface area contributed by atoms with Crippen LogP contribution in [0.2, 0.25) is 0 Å². The third-order valence-corrected chi connectivity index (χ3v) is 2.87. The van der Waals surface area contributed by atoms with Crippen LogP contribution in [0.1, 0.15) is 31.4 Å². The molecule has 3 nitrogen and oxygen atoms in total. The van der Waals surface area contributed by atoms with Crippen molar-refractivity contribution >= 4 is 0 Å². The average molecular weight is 237 g/mol. The van der Waals surface area contributed by atoms with E-state index in [0.29, 0.717) is 0 Å². The molecule has 0 unspecified atom stereocenters. The second kappa shape index (κ2) is 5.41. The van der Waals surface area contributed by atoms with Gasteiger partial charge in [-0.1, -0.05) is 0 Å². The van der Waals surface area contributed by atoms with E-state index in [4.69, 9.17) is 15.2 Å². The molecule has 96 valence electrons. The second-order valence-electron chi connectivity index (χ2n) is 5.11. The first kappa shape index (κ1) is 13.8. The fourth-order valence-electron chi connectivity index (χ4n) is 1.75. The summed E-state index contributed by atoms with van der Waals surface area (Å²) in [4.78, 5) is 0. The van der Waals surface area contributed by atoms with Crippen LogP contribution in [0.4, 0.5) is 0 Å². The van der Waals surface area contributed by atoms with Crippen molar-refractivity contribution in [1.82, 2.24) is 0 Å². The predicted octanol–water partition coefficient (Wildman–Crippen LogP) is 2.68. The highest BCUT2D eigenvalue weighted by molar-refractivity contribution is 5.47. The van der Waals surface area contributed by atoms with E-state index in [1.165, 1.54) is 5.56 Å². The van der Waals surface area contributed by atoms with Gasteiger partial charge in [-0.05, 0) is 51.3 Å². The quantitative estimate of drug-likeness (QED) is 0.856. The summed E-state index contributed by atoms with van der Waals surface area (Å²) < 4.78 is 10.7. The summed E-state index contributed by atoms with van der Waals surface area (Å²) in [6.45, 7) is 6.07. The Hall–Kier alpha value is -1.22. The molecule has 0 aliphatic heterocycles. The Morgan fingerprint density at radius 2 is 1.59 bits per heavy atom. The first-order chi connectivity index (χ1) is 7.87. The van der Waals surface area contributed by atoms with Gasteiger partial charge >= 0.3 is 0 Å². The molecule has 0 atom stereocenters. The van der Waals surface area contributed by atoms with Gasteiger partial charge in [0.05, 0.1) is 14.2 Å². The molecule has 3 heteroatoms. The zero-order valence-electron chi connectivity index (χ0n) is 11.5. The lowest BCUT2D eigenvalue weighted by atomic mass is 9.96. The number of aryl methyl sites for hydroxylation is 1. The highest BCUT2D eigenvalue weighted by Gasteiger charge is 2.13. The number of benzene rings is 1. The number of nitrogens with two attached hydrogens (primary N) is 1. The fraction of sp³-hybridized carbons (Fsp3) is 0.571. The van der Waals surface area contributed by atoms with Crippen molar-refractivity contribution in [3.8, 4) is 11.5 Å². The smallest absolute Gasteiger partial charge is 0.125 e. The van der Waals surface area contributed by atoms with Crippen molar-refractivity contribution in [2.45, 2.75) is 39.2 Å². The standard InChI is InChI=1S/C14H23NO2/c1-10-12(16-4)8-11(9-13(10)17-5)6-7-14(2,3)15/h8-9H,6-7,15H2,1-5H3. The molecule has 0 aromatic heterocycles. The Labute approximate surface area is 104 Å². The molecule has 1 rings (SSSR count). The Kier molecular flexibility index (Phi) is 4.40. The minimum absolute atomic E-state index is 0.147. The van der Waals surface area contributed by atoms with Gasteiger partial charge in [-0.2, -0.15) is 0 Å². The van der Waals surface area contributed by atoms with Crippen LogP contribution in [-0.4, -0.2) is 19.8 Å². The summed E-state index contributed by atoms with van der Waals surface area (Å²) in [5, 5.41) is 0. The normalized spacial score (nSPS) is 11.4. The molecule has 17 heavy (non-hydrogen) atoms. The van der Waals surface area contributed by atoms with Crippen LogP contribution in [0.25, 0.3) is 0 Å². The molecular formula is C14H23NO2. The number of hydrogen-bond acceptors (Lipinski definition) is 3. The van der Waals surface area contributed by atoms with E-state index in [2.05, 4.69) is 12.1 Å². The maximum absolute atomic E-state index is 5.99. The van der Waals surface area contributed by atoms with Gasteiger partial charge in [-0.15, -0.1) is 0 Å². The Morgan fingerprint density at radius 1 is 1.12 bits per heavy atom. The molecule has 0 aliphatic rings. The number of hydrogen-bond donors (Lipinski definition) is 1. The third kappa shape index (κ3) is 3.93. The zero-order valence-corrected chi connectivity index (χ0v) is 11.5. The topological polar surface area (TPSA) is 44.5 Å². The van der Waals surface area contributed by atoms with Gasteiger partial charge < -0.3 is 15.2 Å². The summed E-state index contributed by atoms with van der Waals surface area (Å²) in [5.41, 5.74) is 8.07. The lowest BCUT2D eigenvalue weighted by Crippen LogP contribution is -2.32. The summed E-state index contributed by atoms with van der Waals surface area (Å²) in [5.74, 6) is 1.74. The summed E-state index contributed by atoms with van der Waals surface area (Å²) >= 11 is 0. The SMILES string of the molecule is COc1cc(CCC(C)(C)N)cc(OC)c1C. The lowest BCUT2D eigenvalue weighted by molar-refractivity contribution is 0.387. The monoisotopic (exact) mass is 237 g/mol. The zero-order chi connectivity index (χ0) is 13.1. The molecule has 0 spiro atoms. The van der Waals surface area contributed by atoms with E-state index in [9.17, 15) is 0 Å². The van der Waals surface area contributed by atoms with Crippen LogP contribution in [0.15, 0.2) is 12.1 Å². The van der Waals surface area contributed by atoms with Crippen LogP contribution in [0.3, 0.4) is 0 Å². The molecule has 0 aliphatic carbocycles. The van der Waals surface area contributed by atoms with Crippen molar-refractivity contribution in [3.63, 3.8) is 0 Å². The molecule has 2 N–H and O–H groups in total. The van der Waals surface area contributed by atoms with Gasteiger partial charge in [0.1, 0.15) is 11.5 Å². The van der Waals surface area contributed by atoms with Crippen molar-refractivity contribution in [1.29, 1.82) is 0 Å². The molecule has 0 saturated heterocycles. The van der Waals surface area contributed by atoms with Crippen molar-refractivity contribution < 1.29 is 9.47 Å². The summed E-state index contributed by atoms with van der Waals surface area (Å²) in [6, 6.07) is 4.12. The third-order valence-electron chi connectivity index (χ3n) is 2.87. The van der Waals surface area contributed by atoms with Crippen LogP contribution in [-0.2, 0) is 6.42 Å². The van der Waals surface area contributed by atoms with E-state index in [1.807, 2.05) is 20.8 Å². The van der Waals surface area contributed by atoms with Gasteiger partial charge in [0, 0.05) is 11.1 Å².